The smallest absolute Gasteiger partial charge is 1.00 e. The van der Waals surface area contributed by atoms with Crippen LogP contribution in [0.4, 0.5) is 0 Å². The summed E-state index contributed by atoms with van der Waals surface area (Å²) in [6, 6.07) is 0. The number of ketones is 1. The van der Waals surface area contributed by atoms with E-state index >= 15 is 0 Å². The second kappa shape index (κ2) is 5.45. The first kappa shape index (κ1) is 9.67. The zero-order valence-corrected chi connectivity index (χ0v) is 8.15. The molecule has 0 atom stereocenters. The van der Waals surface area contributed by atoms with E-state index in [1.54, 1.807) is 0 Å². The predicted octanol–water partition coefficient (Wildman–Crippen LogP) is -0.974. The van der Waals surface area contributed by atoms with E-state index in [0.717, 1.165) is 25.7 Å². The number of hydrogen-bond acceptors (Lipinski definition) is 1. The van der Waals surface area contributed by atoms with Gasteiger partial charge in [0.25, 0.3) is 0 Å². The van der Waals surface area contributed by atoms with Gasteiger partial charge in [-0.2, -0.15) is 0 Å². The van der Waals surface area contributed by atoms with Crippen molar-refractivity contribution in [2.75, 3.05) is 0 Å². The topological polar surface area (TPSA) is 17.1 Å². The third-order valence-electron chi connectivity index (χ3n) is 1.66. The van der Waals surface area contributed by atoms with Gasteiger partial charge < -0.3 is 1.43 Å². The van der Waals surface area contributed by atoms with Gasteiger partial charge in [-0.1, -0.05) is 12.8 Å². The Morgan fingerprint density at radius 3 is 1.89 bits per heavy atom. The van der Waals surface area contributed by atoms with Crippen LogP contribution in [0.5, 0.6) is 0 Å². The molecule has 0 bridgehead atoms. The molecule has 1 saturated carbocycles. The van der Waals surface area contributed by atoms with Crippen LogP contribution in [0.2, 0.25) is 0 Å². The molecule has 9 heavy (non-hydrogen) atoms. The van der Waals surface area contributed by atoms with Crippen molar-refractivity contribution in [1.29, 1.82) is 0 Å². The molecule has 0 aromatic carbocycles. The van der Waals surface area contributed by atoms with Crippen LogP contribution < -0.4 is 29.6 Å². The number of hydrogen-bond donors (Lipinski definition) is 0. The van der Waals surface area contributed by atoms with Crippen molar-refractivity contribution < 1.29 is 35.8 Å². The molecule has 1 fully saturated rings. The number of carbonyl (C=O) groups is 1. The SMILES string of the molecule is O=C1CCCCCC1.[H-].[Na+]. The van der Waals surface area contributed by atoms with Gasteiger partial charge in [-0.15, -0.1) is 0 Å². The van der Waals surface area contributed by atoms with Crippen LogP contribution in [0, 0.1) is 0 Å². The number of rotatable bonds is 0. The molecule has 1 nitrogen and oxygen atoms in total. The maximum atomic E-state index is 10.7. The quantitative estimate of drug-likeness (QED) is 0.309. The van der Waals surface area contributed by atoms with Crippen molar-refractivity contribution in [2.45, 2.75) is 38.5 Å². The van der Waals surface area contributed by atoms with Crippen LogP contribution in [-0.2, 0) is 4.79 Å². The molecule has 0 spiro atoms. The van der Waals surface area contributed by atoms with Gasteiger partial charge in [0.05, 0.1) is 0 Å². The fourth-order valence-corrected chi connectivity index (χ4v) is 1.12. The van der Waals surface area contributed by atoms with E-state index in [2.05, 4.69) is 0 Å². The van der Waals surface area contributed by atoms with E-state index in [4.69, 9.17) is 0 Å². The minimum atomic E-state index is 0. The third-order valence-corrected chi connectivity index (χ3v) is 1.66. The molecule has 1 aliphatic carbocycles. The van der Waals surface area contributed by atoms with E-state index in [9.17, 15) is 4.79 Å². The van der Waals surface area contributed by atoms with Crippen LogP contribution in [0.15, 0.2) is 0 Å². The standard InChI is InChI=1S/C7H12O.Na.H/c8-7-5-3-1-2-4-6-7;;/h1-6H2;;/q;+1;-1. The Bertz CT molecular complexity index is 85.6. The van der Waals surface area contributed by atoms with E-state index in [1.807, 2.05) is 0 Å². The average Bonchev–Trinajstić information content (AvgIpc) is 1.94. The van der Waals surface area contributed by atoms with Crippen LogP contribution in [0.3, 0.4) is 0 Å². The Labute approximate surface area is 80.0 Å². The molecule has 0 aromatic heterocycles. The minimum absolute atomic E-state index is 0. The van der Waals surface area contributed by atoms with E-state index in [-0.39, 0.29) is 31.0 Å². The molecule has 1 rings (SSSR count). The molecular weight excluding hydrogens is 123 g/mol. The third kappa shape index (κ3) is 4.12. The Morgan fingerprint density at radius 2 is 1.44 bits per heavy atom. The first-order chi connectivity index (χ1) is 3.89. The summed E-state index contributed by atoms with van der Waals surface area (Å²) in [5.74, 6) is 0.475. The maximum absolute atomic E-state index is 10.7. The van der Waals surface area contributed by atoms with Crippen LogP contribution in [-0.4, -0.2) is 5.78 Å². The molecule has 0 aliphatic heterocycles. The molecule has 2 heteroatoms. The Kier molecular flexibility index (Phi) is 5.86. The predicted molar refractivity (Wildman–Crippen MR) is 33.8 cm³/mol. The fourth-order valence-electron chi connectivity index (χ4n) is 1.12. The van der Waals surface area contributed by atoms with Crippen LogP contribution in [0.25, 0.3) is 0 Å². The first-order valence-electron chi connectivity index (χ1n) is 3.41. The zero-order valence-electron chi connectivity index (χ0n) is 7.15. The summed E-state index contributed by atoms with van der Waals surface area (Å²) >= 11 is 0. The Morgan fingerprint density at radius 1 is 1.00 bits per heavy atom. The van der Waals surface area contributed by atoms with Crippen molar-refractivity contribution in [1.82, 2.24) is 0 Å². The molecule has 0 amide bonds. The fraction of sp³-hybridized carbons (Fsp3) is 0.857. The van der Waals surface area contributed by atoms with Crippen molar-refractivity contribution in [3.05, 3.63) is 0 Å². The largest absolute Gasteiger partial charge is 1.00 e. The van der Waals surface area contributed by atoms with Crippen molar-refractivity contribution in [3.63, 3.8) is 0 Å². The summed E-state index contributed by atoms with van der Waals surface area (Å²) in [6.07, 6.45) is 6.51. The monoisotopic (exact) mass is 136 g/mol. The summed E-state index contributed by atoms with van der Waals surface area (Å²) in [4.78, 5) is 10.7. The minimum Gasteiger partial charge on any atom is -1.00 e. The van der Waals surface area contributed by atoms with Crippen LogP contribution in [0.1, 0.15) is 40.0 Å². The number of carbonyl (C=O) groups excluding carboxylic acids is 1. The van der Waals surface area contributed by atoms with Gasteiger partial charge in [0.15, 0.2) is 0 Å². The second-order valence-electron chi connectivity index (χ2n) is 2.45. The van der Waals surface area contributed by atoms with E-state index < -0.39 is 0 Å². The molecular formula is C7H13NaO. The average molecular weight is 136 g/mol. The second-order valence-corrected chi connectivity index (χ2v) is 2.45. The summed E-state index contributed by atoms with van der Waals surface area (Å²) in [7, 11) is 0. The molecule has 0 saturated heterocycles. The van der Waals surface area contributed by atoms with Gasteiger partial charge in [0.2, 0.25) is 0 Å². The molecule has 0 unspecified atom stereocenters. The first-order valence-corrected chi connectivity index (χ1v) is 3.41. The van der Waals surface area contributed by atoms with E-state index in [1.165, 1.54) is 12.8 Å². The van der Waals surface area contributed by atoms with Crippen LogP contribution >= 0.6 is 0 Å². The Balaban J connectivity index is 0. The summed E-state index contributed by atoms with van der Waals surface area (Å²) in [5, 5.41) is 0. The van der Waals surface area contributed by atoms with E-state index in [0.29, 0.717) is 5.78 Å². The van der Waals surface area contributed by atoms with Gasteiger partial charge >= 0.3 is 29.6 Å². The van der Waals surface area contributed by atoms with Gasteiger partial charge in [-0.25, -0.2) is 0 Å². The molecule has 0 N–H and O–H groups in total. The number of Topliss-reactive ketones (excluding diaryl/α,β-unsaturated/α-hetero) is 1. The van der Waals surface area contributed by atoms with Gasteiger partial charge in [0.1, 0.15) is 5.78 Å². The van der Waals surface area contributed by atoms with Crippen molar-refractivity contribution >= 4 is 5.78 Å². The van der Waals surface area contributed by atoms with Gasteiger partial charge in [0, 0.05) is 12.8 Å². The van der Waals surface area contributed by atoms with Crippen molar-refractivity contribution in [2.24, 2.45) is 0 Å². The van der Waals surface area contributed by atoms with Crippen molar-refractivity contribution in [3.8, 4) is 0 Å². The van der Waals surface area contributed by atoms with Gasteiger partial charge in [-0.05, 0) is 12.8 Å². The summed E-state index contributed by atoms with van der Waals surface area (Å²) in [6.45, 7) is 0. The maximum Gasteiger partial charge on any atom is 1.00 e. The summed E-state index contributed by atoms with van der Waals surface area (Å²) < 4.78 is 0. The molecule has 0 radical (unpaired) electrons. The normalized spacial score (nSPS) is 20.2. The molecule has 1 aliphatic rings. The summed E-state index contributed by atoms with van der Waals surface area (Å²) in [5.41, 5.74) is 0. The zero-order chi connectivity index (χ0) is 5.82. The molecule has 0 aromatic rings. The van der Waals surface area contributed by atoms with Gasteiger partial charge in [-0.3, -0.25) is 4.79 Å². The molecule has 48 valence electrons. The Hall–Kier alpha value is 0.670. The molecule has 0 heterocycles.